The second kappa shape index (κ2) is 7.93. The van der Waals surface area contributed by atoms with Crippen molar-refractivity contribution in [2.75, 3.05) is 6.61 Å². The fourth-order valence-electron chi connectivity index (χ4n) is 2.85. The molecule has 2 unspecified atom stereocenters. The third-order valence-corrected chi connectivity index (χ3v) is 5.12. The first kappa shape index (κ1) is 18.7. The first-order chi connectivity index (χ1) is 11.4. The number of halogens is 2. The van der Waals surface area contributed by atoms with Crippen molar-refractivity contribution in [1.29, 1.82) is 5.26 Å². The van der Waals surface area contributed by atoms with Crippen molar-refractivity contribution >= 4 is 17.7 Å². The van der Waals surface area contributed by atoms with Crippen molar-refractivity contribution in [1.82, 2.24) is 4.98 Å². The first-order valence-corrected chi connectivity index (χ1v) is 8.84. The standard InChI is InChI=1S/C17H20F2N2O2S/c1-4-23-17(22)10(3)24-16-12(8-20)14(15(18)19)11-7-9(2)5-6-13(11)21-16/h9-10,15H,4-7H2,1-3H3. The maximum Gasteiger partial charge on any atom is 0.319 e. The number of ether oxygens (including phenoxy) is 1. The van der Waals surface area contributed by atoms with Crippen LogP contribution in [0.2, 0.25) is 0 Å². The lowest BCUT2D eigenvalue weighted by atomic mass is 9.84. The first-order valence-electron chi connectivity index (χ1n) is 7.96. The van der Waals surface area contributed by atoms with Crippen molar-refractivity contribution in [3.05, 3.63) is 22.4 Å². The van der Waals surface area contributed by atoms with Gasteiger partial charge >= 0.3 is 5.97 Å². The molecule has 1 aliphatic carbocycles. The summed E-state index contributed by atoms with van der Waals surface area (Å²) in [7, 11) is 0. The Morgan fingerprint density at radius 2 is 2.25 bits per heavy atom. The van der Waals surface area contributed by atoms with Crippen LogP contribution in [0, 0.1) is 17.2 Å². The van der Waals surface area contributed by atoms with E-state index < -0.39 is 17.6 Å². The number of esters is 1. The zero-order valence-corrected chi connectivity index (χ0v) is 14.8. The molecule has 7 heteroatoms. The lowest BCUT2D eigenvalue weighted by molar-refractivity contribution is -0.142. The predicted molar refractivity (Wildman–Crippen MR) is 87.1 cm³/mol. The number of hydrogen-bond donors (Lipinski definition) is 0. The average Bonchev–Trinajstić information content (AvgIpc) is 2.53. The van der Waals surface area contributed by atoms with Gasteiger partial charge in [0.05, 0.1) is 12.2 Å². The molecule has 2 rings (SSSR count). The minimum Gasteiger partial charge on any atom is -0.465 e. The molecule has 0 amide bonds. The van der Waals surface area contributed by atoms with E-state index in [0.717, 1.165) is 18.2 Å². The number of thioether (sulfide) groups is 1. The Hall–Kier alpha value is -1.68. The van der Waals surface area contributed by atoms with E-state index in [1.54, 1.807) is 13.8 Å². The van der Waals surface area contributed by atoms with E-state index in [4.69, 9.17) is 4.74 Å². The molecule has 0 saturated heterocycles. The van der Waals surface area contributed by atoms with Gasteiger partial charge in [0.25, 0.3) is 6.43 Å². The van der Waals surface area contributed by atoms with Gasteiger partial charge in [0.2, 0.25) is 0 Å². The summed E-state index contributed by atoms with van der Waals surface area (Å²) < 4.78 is 32.2. The van der Waals surface area contributed by atoms with Crippen LogP contribution in [0.5, 0.6) is 0 Å². The molecule has 4 nitrogen and oxygen atoms in total. The van der Waals surface area contributed by atoms with Crippen molar-refractivity contribution in [2.24, 2.45) is 5.92 Å². The molecule has 0 aromatic carbocycles. The van der Waals surface area contributed by atoms with E-state index in [-0.39, 0.29) is 22.8 Å². The van der Waals surface area contributed by atoms with Crippen molar-refractivity contribution in [3.8, 4) is 6.07 Å². The summed E-state index contributed by atoms with van der Waals surface area (Å²) in [6.45, 7) is 5.57. The molecule has 1 aromatic rings. The minimum atomic E-state index is -2.74. The topological polar surface area (TPSA) is 63.0 Å². The number of pyridine rings is 1. The summed E-state index contributed by atoms with van der Waals surface area (Å²) >= 11 is 1.01. The molecule has 2 atom stereocenters. The Labute approximate surface area is 144 Å². The van der Waals surface area contributed by atoms with Crippen LogP contribution in [0.4, 0.5) is 8.78 Å². The van der Waals surface area contributed by atoms with Crippen LogP contribution in [0.15, 0.2) is 5.03 Å². The van der Waals surface area contributed by atoms with Crippen molar-refractivity contribution in [2.45, 2.75) is 56.7 Å². The Morgan fingerprint density at radius 3 is 2.83 bits per heavy atom. The number of aryl methyl sites for hydroxylation is 1. The highest BCUT2D eigenvalue weighted by molar-refractivity contribution is 8.00. The largest absolute Gasteiger partial charge is 0.465 e. The quantitative estimate of drug-likeness (QED) is 0.589. The molecule has 130 valence electrons. The summed E-state index contributed by atoms with van der Waals surface area (Å²) in [6, 6.07) is 1.87. The predicted octanol–water partition coefficient (Wildman–Crippen LogP) is 4.06. The smallest absolute Gasteiger partial charge is 0.319 e. The lowest BCUT2D eigenvalue weighted by Crippen LogP contribution is -2.20. The van der Waals surface area contributed by atoms with E-state index in [1.807, 2.05) is 13.0 Å². The van der Waals surface area contributed by atoms with E-state index in [0.29, 0.717) is 30.0 Å². The van der Waals surface area contributed by atoms with Crippen LogP contribution in [0.1, 0.15) is 56.0 Å². The molecule has 0 N–H and O–H groups in total. The van der Waals surface area contributed by atoms with E-state index in [9.17, 15) is 18.8 Å². The summed E-state index contributed by atoms with van der Waals surface area (Å²) in [5, 5.41) is 9.00. The highest BCUT2D eigenvalue weighted by Crippen LogP contribution is 2.39. The Kier molecular flexibility index (Phi) is 6.16. The maximum atomic E-state index is 13.6. The summed E-state index contributed by atoms with van der Waals surface area (Å²) in [4.78, 5) is 16.2. The second-order valence-electron chi connectivity index (χ2n) is 5.90. The van der Waals surface area contributed by atoms with Crippen LogP contribution >= 0.6 is 11.8 Å². The molecule has 0 radical (unpaired) electrons. The number of rotatable bonds is 5. The third kappa shape index (κ3) is 3.86. The lowest BCUT2D eigenvalue weighted by Gasteiger charge is -2.25. The second-order valence-corrected chi connectivity index (χ2v) is 7.23. The van der Waals surface area contributed by atoms with Crippen molar-refractivity contribution < 1.29 is 18.3 Å². The molecular weight excluding hydrogens is 334 g/mol. The third-order valence-electron chi connectivity index (χ3n) is 4.06. The number of fused-ring (bicyclic) bond motifs is 1. The highest BCUT2D eigenvalue weighted by Gasteiger charge is 2.30. The average molecular weight is 354 g/mol. The number of alkyl halides is 2. The van der Waals surface area contributed by atoms with Crippen LogP contribution in [0.25, 0.3) is 0 Å². The SMILES string of the molecule is CCOC(=O)C(C)Sc1nc2c(c(C(F)F)c1C#N)CC(C)CC2. The van der Waals surface area contributed by atoms with Crippen molar-refractivity contribution in [3.63, 3.8) is 0 Å². The van der Waals surface area contributed by atoms with Crippen LogP contribution in [0.3, 0.4) is 0 Å². The van der Waals surface area contributed by atoms with Crippen LogP contribution in [-0.4, -0.2) is 22.8 Å². The molecule has 1 aromatic heterocycles. The van der Waals surface area contributed by atoms with Gasteiger partial charge in [-0.3, -0.25) is 4.79 Å². The van der Waals surface area contributed by atoms with Gasteiger partial charge in [0.1, 0.15) is 16.3 Å². The molecule has 1 aliphatic rings. The molecule has 0 fully saturated rings. The fraction of sp³-hybridized carbons (Fsp3) is 0.588. The van der Waals surface area contributed by atoms with Crippen LogP contribution < -0.4 is 0 Å². The number of nitrogens with zero attached hydrogens (tertiary/aromatic N) is 2. The number of carbonyl (C=O) groups is 1. The fourth-order valence-corrected chi connectivity index (χ4v) is 3.78. The van der Waals surface area contributed by atoms with Crippen LogP contribution in [-0.2, 0) is 22.4 Å². The molecule has 1 heterocycles. The molecule has 0 aliphatic heterocycles. The van der Waals surface area contributed by atoms with Gasteiger partial charge in [-0.2, -0.15) is 5.26 Å². The van der Waals surface area contributed by atoms with Gasteiger partial charge in [-0.05, 0) is 44.6 Å². The molecule has 0 saturated carbocycles. The Morgan fingerprint density at radius 1 is 1.54 bits per heavy atom. The van der Waals surface area contributed by atoms with Gasteiger partial charge in [0, 0.05) is 11.3 Å². The maximum absolute atomic E-state index is 13.6. The number of nitriles is 1. The zero-order chi connectivity index (χ0) is 17.9. The van der Waals surface area contributed by atoms with Gasteiger partial charge in [-0.15, -0.1) is 0 Å². The summed E-state index contributed by atoms with van der Waals surface area (Å²) in [6.07, 6.45) is -0.733. The van der Waals surface area contributed by atoms with Gasteiger partial charge < -0.3 is 4.74 Å². The molecule has 0 bridgehead atoms. The Balaban J connectivity index is 2.47. The van der Waals surface area contributed by atoms with Gasteiger partial charge in [0.15, 0.2) is 0 Å². The van der Waals surface area contributed by atoms with Gasteiger partial charge in [-0.1, -0.05) is 18.7 Å². The number of aromatic nitrogens is 1. The van der Waals surface area contributed by atoms with E-state index in [2.05, 4.69) is 4.98 Å². The minimum absolute atomic E-state index is 0.112. The van der Waals surface area contributed by atoms with E-state index >= 15 is 0 Å². The van der Waals surface area contributed by atoms with E-state index in [1.165, 1.54) is 0 Å². The highest BCUT2D eigenvalue weighted by atomic mass is 32.2. The van der Waals surface area contributed by atoms with Gasteiger partial charge in [-0.25, -0.2) is 13.8 Å². The molecule has 24 heavy (non-hydrogen) atoms. The Bertz CT molecular complexity index is 674. The molecule has 0 spiro atoms. The zero-order valence-electron chi connectivity index (χ0n) is 13.9. The molecular formula is C17H20F2N2O2S. The monoisotopic (exact) mass is 354 g/mol. The number of hydrogen-bond acceptors (Lipinski definition) is 5. The summed E-state index contributed by atoms with van der Waals surface area (Å²) in [5.41, 5.74) is 0.806. The normalized spacial score (nSPS) is 18.0. The summed E-state index contributed by atoms with van der Waals surface area (Å²) in [5.74, 6) is -0.154. The number of carbonyl (C=O) groups excluding carboxylic acids is 1.